The largest absolute Gasteiger partial charge is 0.480 e. The number of ether oxygens (including phenoxy) is 1. The fraction of sp³-hybridized carbons (Fsp3) is 0.538. The maximum atomic E-state index is 11.6. The molecule has 1 heterocycles. The summed E-state index contributed by atoms with van der Waals surface area (Å²) in [6.45, 7) is 7.86. The molecule has 100 valence electrons. The van der Waals surface area contributed by atoms with Gasteiger partial charge in [0.25, 0.3) is 5.91 Å². The molecule has 0 aliphatic rings. The second-order valence-corrected chi connectivity index (χ2v) is 4.72. The molecule has 1 aromatic heterocycles. The summed E-state index contributed by atoms with van der Waals surface area (Å²) in [7, 11) is 0. The maximum absolute atomic E-state index is 11.6. The van der Waals surface area contributed by atoms with Gasteiger partial charge < -0.3 is 15.8 Å². The number of anilines is 1. The normalized spacial score (nSPS) is 12.3. The summed E-state index contributed by atoms with van der Waals surface area (Å²) < 4.78 is 5.33. The van der Waals surface area contributed by atoms with Gasteiger partial charge in [-0.25, -0.2) is 4.98 Å². The molecule has 0 radical (unpaired) electrons. The number of rotatable bonds is 5. The molecule has 0 aromatic carbocycles. The van der Waals surface area contributed by atoms with E-state index < -0.39 is 0 Å². The first-order valence-electron chi connectivity index (χ1n) is 6.05. The molecule has 18 heavy (non-hydrogen) atoms. The summed E-state index contributed by atoms with van der Waals surface area (Å²) in [5.74, 6) is 0.976. The molecule has 1 unspecified atom stereocenters. The van der Waals surface area contributed by atoms with Gasteiger partial charge in [0.2, 0.25) is 0 Å². The standard InChI is InChI=1S/C13H21N3O2/c1-8(2)10(4)16-12(17)7-18-11-6-5-9(3)15-13(11)14/h5-6,8,10H,7H2,1-4H3,(H2,14,15)(H,16,17). The second kappa shape index (κ2) is 6.23. The molecule has 0 aliphatic heterocycles. The molecule has 0 aliphatic carbocycles. The van der Waals surface area contributed by atoms with Crippen molar-refractivity contribution < 1.29 is 9.53 Å². The van der Waals surface area contributed by atoms with Gasteiger partial charge in [0, 0.05) is 11.7 Å². The SMILES string of the molecule is Cc1ccc(OCC(=O)NC(C)C(C)C)c(N)n1. The van der Waals surface area contributed by atoms with Gasteiger partial charge in [0.05, 0.1) is 0 Å². The van der Waals surface area contributed by atoms with Crippen LogP contribution < -0.4 is 15.8 Å². The van der Waals surface area contributed by atoms with Gasteiger partial charge in [-0.1, -0.05) is 13.8 Å². The Morgan fingerprint density at radius 3 is 2.67 bits per heavy atom. The third-order valence-electron chi connectivity index (χ3n) is 2.77. The summed E-state index contributed by atoms with van der Waals surface area (Å²) in [5, 5.41) is 2.86. The van der Waals surface area contributed by atoms with E-state index in [9.17, 15) is 4.79 Å². The predicted octanol–water partition coefficient (Wildman–Crippen LogP) is 1.51. The van der Waals surface area contributed by atoms with E-state index in [1.807, 2.05) is 27.7 Å². The number of nitrogen functional groups attached to an aromatic ring is 1. The highest BCUT2D eigenvalue weighted by Crippen LogP contribution is 2.18. The van der Waals surface area contributed by atoms with Crippen molar-refractivity contribution in [3.05, 3.63) is 17.8 Å². The molecular formula is C13H21N3O2. The first kappa shape index (κ1) is 14.3. The Hall–Kier alpha value is -1.78. The zero-order valence-corrected chi connectivity index (χ0v) is 11.4. The molecule has 0 spiro atoms. The number of amides is 1. The Bertz CT molecular complexity index is 419. The molecule has 0 saturated heterocycles. The highest BCUT2D eigenvalue weighted by Gasteiger charge is 2.11. The van der Waals surface area contributed by atoms with Crippen LogP contribution in [0.1, 0.15) is 26.5 Å². The number of aromatic nitrogens is 1. The summed E-state index contributed by atoms with van der Waals surface area (Å²) in [6.07, 6.45) is 0. The van der Waals surface area contributed by atoms with Crippen LogP contribution in [0, 0.1) is 12.8 Å². The molecule has 5 heteroatoms. The first-order valence-corrected chi connectivity index (χ1v) is 6.05. The van der Waals surface area contributed by atoms with Gasteiger partial charge in [-0.05, 0) is 31.9 Å². The van der Waals surface area contributed by atoms with Crippen LogP contribution in [0.2, 0.25) is 0 Å². The van der Waals surface area contributed by atoms with Gasteiger partial charge in [-0.3, -0.25) is 4.79 Å². The number of carbonyl (C=O) groups is 1. The van der Waals surface area contributed by atoms with E-state index in [1.54, 1.807) is 12.1 Å². The zero-order valence-electron chi connectivity index (χ0n) is 11.4. The minimum Gasteiger partial charge on any atom is -0.480 e. The van der Waals surface area contributed by atoms with Crippen molar-refractivity contribution >= 4 is 11.7 Å². The van der Waals surface area contributed by atoms with Crippen molar-refractivity contribution in [1.29, 1.82) is 0 Å². The number of pyridine rings is 1. The Balaban J connectivity index is 2.47. The van der Waals surface area contributed by atoms with Crippen LogP contribution in [0.15, 0.2) is 12.1 Å². The zero-order chi connectivity index (χ0) is 13.7. The average Bonchev–Trinajstić information content (AvgIpc) is 2.27. The fourth-order valence-corrected chi connectivity index (χ4v) is 1.29. The van der Waals surface area contributed by atoms with Crippen molar-refractivity contribution in [2.75, 3.05) is 12.3 Å². The van der Waals surface area contributed by atoms with Gasteiger partial charge >= 0.3 is 0 Å². The van der Waals surface area contributed by atoms with E-state index in [1.165, 1.54) is 0 Å². The van der Waals surface area contributed by atoms with Crippen LogP contribution in [-0.2, 0) is 4.79 Å². The van der Waals surface area contributed by atoms with Gasteiger partial charge in [0.1, 0.15) is 0 Å². The van der Waals surface area contributed by atoms with Crippen molar-refractivity contribution in [3.8, 4) is 5.75 Å². The quantitative estimate of drug-likeness (QED) is 0.831. The predicted molar refractivity (Wildman–Crippen MR) is 71.3 cm³/mol. The third kappa shape index (κ3) is 4.24. The van der Waals surface area contributed by atoms with Crippen LogP contribution in [0.25, 0.3) is 0 Å². The second-order valence-electron chi connectivity index (χ2n) is 4.72. The van der Waals surface area contributed by atoms with E-state index in [0.717, 1.165) is 5.69 Å². The third-order valence-corrected chi connectivity index (χ3v) is 2.77. The molecule has 5 nitrogen and oxygen atoms in total. The number of nitrogens with two attached hydrogens (primary N) is 1. The number of carbonyl (C=O) groups excluding carboxylic acids is 1. The highest BCUT2D eigenvalue weighted by atomic mass is 16.5. The van der Waals surface area contributed by atoms with Crippen LogP contribution in [0.5, 0.6) is 5.75 Å². The minimum absolute atomic E-state index is 0.0496. The van der Waals surface area contributed by atoms with Crippen molar-refractivity contribution in [2.45, 2.75) is 33.7 Å². The lowest BCUT2D eigenvalue weighted by Gasteiger charge is -2.17. The van der Waals surface area contributed by atoms with Crippen molar-refractivity contribution in [1.82, 2.24) is 10.3 Å². The topological polar surface area (TPSA) is 77.2 Å². The van der Waals surface area contributed by atoms with E-state index in [4.69, 9.17) is 10.5 Å². The van der Waals surface area contributed by atoms with E-state index in [-0.39, 0.29) is 18.6 Å². The van der Waals surface area contributed by atoms with E-state index in [2.05, 4.69) is 10.3 Å². The maximum Gasteiger partial charge on any atom is 0.258 e. The number of hydrogen-bond donors (Lipinski definition) is 2. The molecule has 1 rings (SSSR count). The molecule has 1 atom stereocenters. The average molecular weight is 251 g/mol. The molecule has 1 aromatic rings. The molecule has 3 N–H and O–H groups in total. The Labute approximate surface area is 108 Å². The number of nitrogens with zero attached hydrogens (tertiary/aromatic N) is 1. The van der Waals surface area contributed by atoms with Crippen LogP contribution in [-0.4, -0.2) is 23.5 Å². The molecule has 0 bridgehead atoms. The van der Waals surface area contributed by atoms with Crippen LogP contribution in [0.4, 0.5) is 5.82 Å². The van der Waals surface area contributed by atoms with Gasteiger partial charge in [0.15, 0.2) is 18.2 Å². The van der Waals surface area contributed by atoms with Crippen LogP contribution >= 0.6 is 0 Å². The lowest BCUT2D eigenvalue weighted by Crippen LogP contribution is -2.39. The smallest absolute Gasteiger partial charge is 0.258 e. The summed E-state index contributed by atoms with van der Waals surface area (Å²) in [5.41, 5.74) is 6.51. The monoisotopic (exact) mass is 251 g/mol. The fourth-order valence-electron chi connectivity index (χ4n) is 1.29. The van der Waals surface area contributed by atoms with Crippen LogP contribution in [0.3, 0.4) is 0 Å². The van der Waals surface area contributed by atoms with Gasteiger partial charge in [-0.2, -0.15) is 0 Å². The summed E-state index contributed by atoms with van der Waals surface area (Å²) in [6, 6.07) is 3.63. The van der Waals surface area contributed by atoms with Gasteiger partial charge in [-0.15, -0.1) is 0 Å². The number of nitrogens with one attached hydrogen (secondary N) is 1. The van der Waals surface area contributed by atoms with Crippen molar-refractivity contribution in [3.63, 3.8) is 0 Å². The minimum atomic E-state index is -0.156. The molecule has 1 amide bonds. The number of hydrogen-bond acceptors (Lipinski definition) is 4. The lowest BCUT2D eigenvalue weighted by molar-refractivity contribution is -0.123. The first-order chi connectivity index (χ1) is 8.40. The summed E-state index contributed by atoms with van der Waals surface area (Å²) >= 11 is 0. The van der Waals surface area contributed by atoms with Crippen molar-refractivity contribution in [2.24, 2.45) is 5.92 Å². The molecule has 0 saturated carbocycles. The Kier molecular flexibility index (Phi) is 4.95. The molecular weight excluding hydrogens is 230 g/mol. The lowest BCUT2D eigenvalue weighted by atomic mass is 10.1. The molecule has 0 fully saturated rings. The highest BCUT2D eigenvalue weighted by molar-refractivity contribution is 5.78. The summed E-state index contributed by atoms with van der Waals surface area (Å²) in [4.78, 5) is 15.7. The van der Waals surface area contributed by atoms with E-state index >= 15 is 0 Å². The number of aryl methyl sites for hydroxylation is 1. The Morgan fingerprint density at radius 1 is 1.44 bits per heavy atom. The van der Waals surface area contributed by atoms with E-state index in [0.29, 0.717) is 17.5 Å². The Morgan fingerprint density at radius 2 is 2.11 bits per heavy atom.